The van der Waals surface area contributed by atoms with Crippen molar-refractivity contribution in [2.24, 2.45) is 0 Å². The topological polar surface area (TPSA) is 41.5 Å². The summed E-state index contributed by atoms with van der Waals surface area (Å²) in [5.41, 5.74) is 0.907. The Bertz CT molecular complexity index is 309. The molecule has 0 aliphatic rings. The lowest BCUT2D eigenvalue weighted by atomic mass is 10.3. The monoisotopic (exact) mass is 341 g/mol. The zero-order valence-electron chi connectivity index (χ0n) is 8.17. The second kappa shape index (κ2) is 7.27. The van der Waals surface area contributed by atoms with E-state index in [9.17, 15) is 0 Å². The van der Waals surface area contributed by atoms with Crippen molar-refractivity contribution in [3.63, 3.8) is 0 Å². The third-order valence-corrected chi connectivity index (χ3v) is 2.71. The van der Waals surface area contributed by atoms with E-state index in [0.717, 1.165) is 9.26 Å². The highest BCUT2D eigenvalue weighted by molar-refractivity contribution is 14.1. The smallest absolute Gasteiger partial charge is 0.0698 e. The molecule has 1 rings (SSSR count). The van der Waals surface area contributed by atoms with E-state index in [1.807, 2.05) is 18.2 Å². The standard InChI is InChI=1S/C10H13ClINO2/c11-9-7-8(12)1-2-10(9)13-3-5-15-6-4-14/h1-2,7,13-14H,3-6H2. The molecule has 1 aromatic rings. The third-order valence-electron chi connectivity index (χ3n) is 1.73. The molecule has 0 unspecified atom stereocenters. The van der Waals surface area contributed by atoms with Gasteiger partial charge in [-0.15, -0.1) is 0 Å². The van der Waals surface area contributed by atoms with E-state index < -0.39 is 0 Å². The first-order valence-electron chi connectivity index (χ1n) is 4.61. The van der Waals surface area contributed by atoms with Crippen LogP contribution in [-0.4, -0.2) is 31.5 Å². The summed E-state index contributed by atoms with van der Waals surface area (Å²) in [7, 11) is 0. The highest BCUT2D eigenvalue weighted by Crippen LogP contribution is 2.23. The lowest BCUT2D eigenvalue weighted by Crippen LogP contribution is -2.11. The Labute approximate surface area is 108 Å². The lowest BCUT2D eigenvalue weighted by Gasteiger charge is -2.08. The molecular formula is C10H13ClINO2. The summed E-state index contributed by atoms with van der Waals surface area (Å²) in [6.07, 6.45) is 0. The van der Waals surface area contributed by atoms with Gasteiger partial charge in [0.15, 0.2) is 0 Å². The summed E-state index contributed by atoms with van der Waals surface area (Å²) < 4.78 is 6.22. The Morgan fingerprint density at radius 1 is 1.40 bits per heavy atom. The van der Waals surface area contributed by atoms with Crippen LogP contribution in [0.15, 0.2) is 18.2 Å². The summed E-state index contributed by atoms with van der Waals surface area (Å²) in [6.45, 7) is 1.68. The van der Waals surface area contributed by atoms with Crippen LogP contribution in [0, 0.1) is 3.57 Å². The average molecular weight is 342 g/mol. The van der Waals surface area contributed by atoms with Gasteiger partial charge < -0.3 is 15.2 Å². The van der Waals surface area contributed by atoms with E-state index in [1.54, 1.807) is 0 Å². The Morgan fingerprint density at radius 3 is 2.87 bits per heavy atom. The molecule has 1 aromatic carbocycles. The molecule has 0 amide bonds. The van der Waals surface area contributed by atoms with E-state index in [1.165, 1.54) is 0 Å². The summed E-state index contributed by atoms with van der Waals surface area (Å²) in [4.78, 5) is 0. The van der Waals surface area contributed by atoms with Crippen LogP contribution in [0.4, 0.5) is 5.69 Å². The molecule has 0 saturated heterocycles. The van der Waals surface area contributed by atoms with E-state index in [4.69, 9.17) is 21.4 Å². The number of hydrogen-bond acceptors (Lipinski definition) is 3. The third kappa shape index (κ3) is 5.01. The maximum Gasteiger partial charge on any atom is 0.0698 e. The average Bonchev–Trinajstić information content (AvgIpc) is 2.20. The minimum Gasteiger partial charge on any atom is -0.394 e. The minimum atomic E-state index is 0.0598. The quantitative estimate of drug-likeness (QED) is 0.616. The zero-order chi connectivity index (χ0) is 11.1. The fraction of sp³-hybridized carbons (Fsp3) is 0.400. The van der Waals surface area contributed by atoms with E-state index in [0.29, 0.717) is 24.8 Å². The van der Waals surface area contributed by atoms with Crippen LogP contribution in [0.1, 0.15) is 0 Å². The van der Waals surface area contributed by atoms with Crippen LogP contribution >= 0.6 is 34.2 Å². The maximum atomic E-state index is 8.49. The van der Waals surface area contributed by atoms with Crippen LogP contribution in [0.25, 0.3) is 0 Å². The number of halogens is 2. The fourth-order valence-electron chi connectivity index (χ4n) is 1.06. The van der Waals surface area contributed by atoms with Crippen molar-refractivity contribution in [2.75, 3.05) is 31.7 Å². The number of ether oxygens (including phenoxy) is 1. The molecule has 0 spiro atoms. The molecule has 3 nitrogen and oxygen atoms in total. The van der Waals surface area contributed by atoms with Crippen LogP contribution in [0.5, 0.6) is 0 Å². The highest BCUT2D eigenvalue weighted by Gasteiger charge is 1.99. The van der Waals surface area contributed by atoms with Crippen molar-refractivity contribution >= 4 is 39.9 Å². The number of anilines is 1. The first kappa shape index (κ1) is 13.0. The van der Waals surface area contributed by atoms with Crippen LogP contribution in [0.3, 0.4) is 0 Å². The highest BCUT2D eigenvalue weighted by atomic mass is 127. The molecule has 15 heavy (non-hydrogen) atoms. The van der Waals surface area contributed by atoms with Crippen LogP contribution in [-0.2, 0) is 4.74 Å². The van der Waals surface area contributed by atoms with Gasteiger partial charge in [-0.25, -0.2) is 0 Å². The molecular weight excluding hydrogens is 328 g/mol. The van der Waals surface area contributed by atoms with Gasteiger partial charge in [0, 0.05) is 10.1 Å². The number of hydrogen-bond donors (Lipinski definition) is 2. The van der Waals surface area contributed by atoms with Gasteiger partial charge in [0.1, 0.15) is 0 Å². The van der Waals surface area contributed by atoms with Gasteiger partial charge in [0.05, 0.1) is 30.5 Å². The second-order valence-electron chi connectivity index (χ2n) is 2.89. The molecule has 5 heteroatoms. The van der Waals surface area contributed by atoms with Gasteiger partial charge in [-0.1, -0.05) is 11.6 Å². The molecule has 0 radical (unpaired) electrons. The Balaban J connectivity index is 2.31. The number of aliphatic hydroxyl groups is 1. The number of rotatable bonds is 6. The van der Waals surface area contributed by atoms with E-state index >= 15 is 0 Å². The number of nitrogens with one attached hydrogen (secondary N) is 1. The van der Waals surface area contributed by atoms with Gasteiger partial charge in [-0.2, -0.15) is 0 Å². The molecule has 84 valence electrons. The van der Waals surface area contributed by atoms with Crippen molar-refractivity contribution in [3.05, 3.63) is 26.8 Å². The maximum absolute atomic E-state index is 8.49. The van der Waals surface area contributed by atoms with Crippen LogP contribution in [0.2, 0.25) is 5.02 Å². The Morgan fingerprint density at radius 2 is 2.20 bits per heavy atom. The van der Waals surface area contributed by atoms with Gasteiger partial charge in [0.2, 0.25) is 0 Å². The molecule has 0 aliphatic heterocycles. The Hall–Kier alpha value is -0.0400. The van der Waals surface area contributed by atoms with Crippen molar-refractivity contribution in [2.45, 2.75) is 0 Å². The van der Waals surface area contributed by atoms with Crippen LogP contribution < -0.4 is 5.32 Å². The molecule has 0 saturated carbocycles. The predicted octanol–water partition coefficient (Wildman–Crippen LogP) is 2.37. The molecule has 0 atom stereocenters. The van der Waals surface area contributed by atoms with Crippen molar-refractivity contribution in [1.82, 2.24) is 0 Å². The molecule has 2 N–H and O–H groups in total. The predicted molar refractivity (Wildman–Crippen MR) is 70.6 cm³/mol. The van der Waals surface area contributed by atoms with Gasteiger partial charge >= 0.3 is 0 Å². The summed E-state index contributed by atoms with van der Waals surface area (Å²) >= 11 is 8.23. The van der Waals surface area contributed by atoms with Crippen molar-refractivity contribution < 1.29 is 9.84 Å². The van der Waals surface area contributed by atoms with Gasteiger partial charge in [0.25, 0.3) is 0 Å². The molecule has 0 aliphatic carbocycles. The fourth-order valence-corrected chi connectivity index (χ4v) is 1.98. The van der Waals surface area contributed by atoms with Crippen molar-refractivity contribution in [1.29, 1.82) is 0 Å². The van der Waals surface area contributed by atoms with E-state index in [-0.39, 0.29) is 6.61 Å². The molecule has 0 bridgehead atoms. The summed E-state index contributed by atoms with van der Waals surface area (Å²) in [6, 6.07) is 5.83. The van der Waals surface area contributed by atoms with Gasteiger partial charge in [-0.05, 0) is 40.8 Å². The number of aliphatic hydroxyl groups excluding tert-OH is 1. The first-order valence-corrected chi connectivity index (χ1v) is 6.07. The first-order chi connectivity index (χ1) is 7.24. The summed E-state index contributed by atoms with van der Waals surface area (Å²) in [5, 5.41) is 12.4. The normalized spacial score (nSPS) is 10.3. The Kier molecular flexibility index (Phi) is 6.31. The largest absolute Gasteiger partial charge is 0.394 e. The van der Waals surface area contributed by atoms with Gasteiger partial charge in [-0.3, -0.25) is 0 Å². The molecule has 0 aromatic heterocycles. The second-order valence-corrected chi connectivity index (χ2v) is 4.54. The van der Waals surface area contributed by atoms with Crippen molar-refractivity contribution in [3.8, 4) is 0 Å². The minimum absolute atomic E-state index is 0.0598. The van der Waals surface area contributed by atoms with E-state index in [2.05, 4.69) is 27.9 Å². The number of benzene rings is 1. The SMILES string of the molecule is OCCOCCNc1ccc(I)cc1Cl. The lowest BCUT2D eigenvalue weighted by molar-refractivity contribution is 0.0992. The molecule has 0 fully saturated rings. The summed E-state index contributed by atoms with van der Waals surface area (Å²) in [5.74, 6) is 0. The molecule has 0 heterocycles. The zero-order valence-corrected chi connectivity index (χ0v) is 11.1.